The van der Waals surface area contributed by atoms with Crippen LogP contribution in [0.5, 0.6) is 11.5 Å². The quantitative estimate of drug-likeness (QED) is 0.679. The summed E-state index contributed by atoms with van der Waals surface area (Å²) in [7, 11) is 3.03. The SMILES string of the molecule is CCCCC(NC(=O)C1CC(=O)N(c2cc(OC)cc(OC)c2)C1)C(=O)O. The molecule has 1 aliphatic heterocycles. The molecule has 1 aliphatic rings. The molecule has 2 atom stereocenters. The van der Waals surface area contributed by atoms with Crippen molar-refractivity contribution >= 4 is 23.5 Å². The van der Waals surface area contributed by atoms with Gasteiger partial charge in [-0.05, 0) is 6.42 Å². The highest BCUT2D eigenvalue weighted by Crippen LogP contribution is 2.32. The zero-order valence-electron chi connectivity index (χ0n) is 15.9. The Hall–Kier alpha value is -2.77. The summed E-state index contributed by atoms with van der Waals surface area (Å²) in [5.41, 5.74) is 0.576. The maximum absolute atomic E-state index is 12.5. The van der Waals surface area contributed by atoms with E-state index in [9.17, 15) is 19.5 Å². The van der Waals surface area contributed by atoms with Gasteiger partial charge in [-0.25, -0.2) is 4.79 Å². The Kier molecular flexibility index (Phi) is 7.04. The number of amides is 2. The van der Waals surface area contributed by atoms with Gasteiger partial charge in [0, 0.05) is 31.2 Å². The number of carboxylic acids is 1. The second-order valence-electron chi connectivity index (χ2n) is 6.52. The van der Waals surface area contributed by atoms with Crippen LogP contribution in [0.3, 0.4) is 0 Å². The molecular formula is C19H26N2O6. The molecule has 0 aromatic heterocycles. The number of anilines is 1. The van der Waals surface area contributed by atoms with Crippen LogP contribution >= 0.6 is 0 Å². The zero-order chi connectivity index (χ0) is 20.0. The smallest absolute Gasteiger partial charge is 0.326 e. The third-order valence-electron chi connectivity index (χ3n) is 4.60. The van der Waals surface area contributed by atoms with Gasteiger partial charge in [0.05, 0.1) is 25.8 Å². The summed E-state index contributed by atoms with van der Waals surface area (Å²) in [5, 5.41) is 11.8. The predicted molar refractivity (Wildman–Crippen MR) is 99.1 cm³/mol. The van der Waals surface area contributed by atoms with Gasteiger partial charge in [-0.2, -0.15) is 0 Å². The Morgan fingerprint density at radius 2 is 1.89 bits per heavy atom. The fourth-order valence-corrected chi connectivity index (χ4v) is 3.04. The van der Waals surface area contributed by atoms with Crippen molar-refractivity contribution in [2.75, 3.05) is 25.7 Å². The number of nitrogens with zero attached hydrogens (tertiary/aromatic N) is 1. The van der Waals surface area contributed by atoms with Crippen LogP contribution in [0.15, 0.2) is 18.2 Å². The van der Waals surface area contributed by atoms with Crippen molar-refractivity contribution in [1.82, 2.24) is 5.32 Å². The number of carbonyl (C=O) groups excluding carboxylic acids is 2. The molecule has 1 aromatic carbocycles. The van der Waals surface area contributed by atoms with E-state index >= 15 is 0 Å². The van der Waals surface area contributed by atoms with E-state index in [4.69, 9.17) is 9.47 Å². The molecular weight excluding hydrogens is 352 g/mol. The van der Waals surface area contributed by atoms with Crippen LogP contribution in [0.4, 0.5) is 5.69 Å². The van der Waals surface area contributed by atoms with Crippen LogP contribution in [0, 0.1) is 5.92 Å². The normalized spacial score (nSPS) is 17.5. The van der Waals surface area contributed by atoms with Crippen LogP contribution in [-0.4, -0.2) is 49.7 Å². The Morgan fingerprint density at radius 3 is 2.41 bits per heavy atom. The number of ether oxygens (including phenoxy) is 2. The van der Waals surface area contributed by atoms with E-state index in [0.29, 0.717) is 30.0 Å². The molecule has 2 N–H and O–H groups in total. The first-order chi connectivity index (χ1) is 12.9. The van der Waals surface area contributed by atoms with E-state index in [2.05, 4.69) is 5.32 Å². The number of hydrogen-bond donors (Lipinski definition) is 2. The van der Waals surface area contributed by atoms with Crippen LogP contribution < -0.4 is 19.7 Å². The highest BCUT2D eigenvalue weighted by atomic mass is 16.5. The first-order valence-electron chi connectivity index (χ1n) is 8.96. The van der Waals surface area contributed by atoms with Gasteiger partial charge in [0.15, 0.2) is 0 Å². The minimum Gasteiger partial charge on any atom is -0.497 e. The Balaban J connectivity index is 2.10. The summed E-state index contributed by atoms with van der Waals surface area (Å²) in [6.45, 7) is 2.14. The molecule has 2 unspecified atom stereocenters. The second kappa shape index (κ2) is 9.25. The lowest BCUT2D eigenvalue weighted by Gasteiger charge is -2.19. The summed E-state index contributed by atoms with van der Waals surface area (Å²) < 4.78 is 10.4. The largest absolute Gasteiger partial charge is 0.497 e. The molecule has 0 radical (unpaired) electrons. The average Bonchev–Trinajstić information content (AvgIpc) is 3.06. The molecule has 27 heavy (non-hydrogen) atoms. The lowest BCUT2D eigenvalue weighted by molar-refractivity contribution is -0.142. The summed E-state index contributed by atoms with van der Waals surface area (Å²) in [4.78, 5) is 37.7. The topological polar surface area (TPSA) is 105 Å². The average molecular weight is 378 g/mol. The van der Waals surface area contributed by atoms with Gasteiger partial charge in [-0.3, -0.25) is 9.59 Å². The minimum atomic E-state index is -1.06. The van der Waals surface area contributed by atoms with Crippen LogP contribution in [0.2, 0.25) is 0 Å². The summed E-state index contributed by atoms with van der Waals surface area (Å²) in [6, 6.07) is 4.15. The predicted octanol–water partition coefficient (Wildman–Crippen LogP) is 1.82. The highest BCUT2D eigenvalue weighted by Gasteiger charge is 2.36. The van der Waals surface area contributed by atoms with Crippen LogP contribution in [0.25, 0.3) is 0 Å². The van der Waals surface area contributed by atoms with E-state index in [1.807, 2.05) is 6.92 Å². The molecule has 2 rings (SSSR count). The number of nitrogens with one attached hydrogen (secondary N) is 1. The van der Waals surface area contributed by atoms with Gasteiger partial charge in [0.25, 0.3) is 0 Å². The minimum absolute atomic E-state index is 0.0332. The summed E-state index contributed by atoms with van der Waals surface area (Å²) in [6.07, 6.45) is 1.95. The third-order valence-corrected chi connectivity index (χ3v) is 4.60. The number of benzene rings is 1. The van der Waals surface area contributed by atoms with E-state index in [-0.39, 0.29) is 18.9 Å². The van der Waals surface area contributed by atoms with Crippen LogP contribution in [-0.2, 0) is 14.4 Å². The summed E-state index contributed by atoms with van der Waals surface area (Å²) >= 11 is 0. The number of hydrogen-bond acceptors (Lipinski definition) is 5. The molecule has 0 bridgehead atoms. The molecule has 1 aromatic rings. The second-order valence-corrected chi connectivity index (χ2v) is 6.52. The van der Waals surface area contributed by atoms with E-state index in [0.717, 1.165) is 6.42 Å². The number of carboxylic acid groups (broad SMARTS) is 1. The van der Waals surface area contributed by atoms with Crippen LogP contribution in [0.1, 0.15) is 32.6 Å². The summed E-state index contributed by atoms with van der Waals surface area (Å²) in [5.74, 6) is -1.20. The lowest BCUT2D eigenvalue weighted by Crippen LogP contribution is -2.44. The van der Waals surface area contributed by atoms with Crippen molar-refractivity contribution in [3.05, 3.63) is 18.2 Å². The maximum Gasteiger partial charge on any atom is 0.326 e. The fraction of sp³-hybridized carbons (Fsp3) is 0.526. The van der Waals surface area contributed by atoms with E-state index < -0.39 is 23.8 Å². The third kappa shape index (κ3) is 5.12. The molecule has 1 saturated heterocycles. The van der Waals surface area contributed by atoms with Crippen molar-refractivity contribution in [3.63, 3.8) is 0 Å². The molecule has 1 fully saturated rings. The van der Waals surface area contributed by atoms with Gasteiger partial charge in [-0.15, -0.1) is 0 Å². The zero-order valence-corrected chi connectivity index (χ0v) is 15.9. The van der Waals surface area contributed by atoms with Crippen molar-refractivity contribution < 1.29 is 29.0 Å². The van der Waals surface area contributed by atoms with Crippen molar-refractivity contribution in [1.29, 1.82) is 0 Å². The monoisotopic (exact) mass is 378 g/mol. The lowest BCUT2D eigenvalue weighted by atomic mass is 10.1. The number of rotatable bonds is 9. The number of methoxy groups -OCH3 is 2. The molecule has 148 valence electrons. The molecule has 2 amide bonds. The van der Waals surface area contributed by atoms with E-state index in [1.165, 1.54) is 19.1 Å². The van der Waals surface area contributed by atoms with Gasteiger partial charge in [0.1, 0.15) is 17.5 Å². The fourth-order valence-electron chi connectivity index (χ4n) is 3.04. The number of aliphatic carboxylic acids is 1. The van der Waals surface area contributed by atoms with Gasteiger partial charge in [0.2, 0.25) is 11.8 Å². The first kappa shape index (κ1) is 20.5. The Bertz CT molecular complexity index is 683. The van der Waals surface area contributed by atoms with Crippen molar-refractivity contribution in [3.8, 4) is 11.5 Å². The number of unbranched alkanes of at least 4 members (excludes halogenated alkanes) is 1. The molecule has 0 saturated carbocycles. The van der Waals surface area contributed by atoms with E-state index in [1.54, 1.807) is 18.2 Å². The van der Waals surface area contributed by atoms with Gasteiger partial charge < -0.3 is 24.8 Å². The van der Waals surface area contributed by atoms with Crippen molar-refractivity contribution in [2.24, 2.45) is 5.92 Å². The molecule has 0 spiro atoms. The molecule has 8 nitrogen and oxygen atoms in total. The van der Waals surface area contributed by atoms with Gasteiger partial charge >= 0.3 is 5.97 Å². The van der Waals surface area contributed by atoms with Crippen molar-refractivity contribution in [2.45, 2.75) is 38.6 Å². The highest BCUT2D eigenvalue weighted by molar-refractivity contribution is 6.01. The van der Waals surface area contributed by atoms with Gasteiger partial charge in [-0.1, -0.05) is 19.8 Å². The number of carbonyl (C=O) groups is 3. The maximum atomic E-state index is 12.5. The molecule has 1 heterocycles. The molecule has 0 aliphatic carbocycles. The first-order valence-corrected chi connectivity index (χ1v) is 8.96. The standard InChI is InChI=1S/C19H26N2O6/c1-4-5-6-16(19(24)25)20-18(23)12-7-17(22)21(11-12)13-8-14(26-2)10-15(9-13)27-3/h8-10,12,16H,4-7,11H2,1-3H3,(H,20,23)(H,24,25). The Morgan fingerprint density at radius 1 is 1.26 bits per heavy atom. The molecule has 8 heteroatoms. The Labute approximate surface area is 158 Å².